The third kappa shape index (κ3) is 4.08. The van der Waals surface area contributed by atoms with Gasteiger partial charge in [-0.1, -0.05) is 48.9 Å². The number of hydrogen-bond acceptors (Lipinski definition) is 3. The van der Waals surface area contributed by atoms with Crippen molar-refractivity contribution in [2.24, 2.45) is 0 Å². The average molecular weight is 420 g/mol. The molecule has 1 unspecified atom stereocenters. The van der Waals surface area contributed by atoms with E-state index in [0.29, 0.717) is 22.3 Å². The highest BCUT2D eigenvalue weighted by Crippen LogP contribution is 2.22. The molecule has 0 fully saturated rings. The van der Waals surface area contributed by atoms with Crippen LogP contribution in [0.5, 0.6) is 0 Å². The summed E-state index contributed by atoms with van der Waals surface area (Å²) >= 11 is 9.33. The van der Waals surface area contributed by atoms with Crippen LogP contribution in [0.1, 0.15) is 35.6 Å². The first-order chi connectivity index (χ1) is 12.1. The quantitative estimate of drug-likeness (QED) is 0.585. The Labute approximate surface area is 159 Å². The van der Waals surface area contributed by atoms with Crippen LogP contribution in [-0.2, 0) is 0 Å². The van der Waals surface area contributed by atoms with E-state index in [1.54, 1.807) is 18.5 Å². The number of nitrogens with zero attached hydrogens (tertiary/aromatic N) is 2. The summed E-state index contributed by atoms with van der Waals surface area (Å²) in [6.45, 7) is 1.98. The lowest BCUT2D eigenvalue weighted by Gasteiger charge is -2.15. The number of pyridine rings is 1. The normalized spacial score (nSPS) is 12.0. The van der Waals surface area contributed by atoms with Crippen molar-refractivity contribution < 1.29 is 4.79 Å². The van der Waals surface area contributed by atoms with Gasteiger partial charge in [-0.05, 0) is 34.0 Å². The fraction of sp³-hybridized carbons (Fsp3) is 0.167. The monoisotopic (exact) mass is 418 g/mol. The Balaban J connectivity index is 1.80. The first-order valence-corrected chi connectivity index (χ1v) is 8.97. The maximum Gasteiger partial charge on any atom is 0.255 e. The molecule has 25 heavy (non-hydrogen) atoms. The number of H-pyrrole nitrogens is 1. The molecule has 0 aliphatic rings. The number of aromatic amines is 1. The number of amides is 1. The lowest BCUT2D eigenvalue weighted by molar-refractivity contribution is 0.0933. The highest BCUT2D eigenvalue weighted by molar-refractivity contribution is 9.10. The van der Waals surface area contributed by atoms with Crippen LogP contribution in [0.3, 0.4) is 0 Å². The van der Waals surface area contributed by atoms with E-state index < -0.39 is 0 Å². The van der Waals surface area contributed by atoms with Gasteiger partial charge < -0.3 is 10.3 Å². The molecule has 3 aromatic rings. The van der Waals surface area contributed by atoms with Crippen LogP contribution in [0, 0.1) is 0 Å². The van der Waals surface area contributed by atoms with Crippen LogP contribution in [0.25, 0.3) is 11.3 Å². The minimum atomic E-state index is -0.289. The van der Waals surface area contributed by atoms with Crippen molar-refractivity contribution in [1.29, 1.82) is 0 Å². The third-order valence-corrected chi connectivity index (χ3v) is 4.51. The van der Waals surface area contributed by atoms with Crippen molar-refractivity contribution in [3.8, 4) is 11.3 Å². The zero-order valence-corrected chi connectivity index (χ0v) is 15.8. The number of benzene rings is 1. The zero-order valence-electron chi connectivity index (χ0n) is 13.5. The average Bonchev–Trinajstić information content (AvgIpc) is 3.12. The van der Waals surface area contributed by atoms with Crippen molar-refractivity contribution >= 4 is 33.4 Å². The third-order valence-electron chi connectivity index (χ3n) is 3.77. The van der Waals surface area contributed by atoms with Gasteiger partial charge in [0.15, 0.2) is 0 Å². The topological polar surface area (TPSA) is 70.7 Å². The molecule has 0 bridgehead atoms. The Morgan fingerprint density at radius 3 is 2.76 bits per heavy atom. The van der Waals surface area contributed by atoms with Gasteiger partial charge >= 0.3 is 0 Å². The molecule has 2 heterocycles. The highest BCUT2D eigenvalue weighted by Gasteiger charge is 2.19. The van der Waals surface area contributed by atoms with Crippen LogP contribution in [-0.4, -0.2) is 20.9 Å². The molecule has 1 amide bonds. The summed E-state index contributed by atoms with van der Waals surface area (Å²) < 4.78 is 0.694. The van der Waals surface area contributed by atoms with Gasteiger partial charge in [0.05, 0.1) is 23.5 Å². The van der Waals surface area contributed by atoms with Crippen LogP contribution in [0.4, 0.5) is 0 Å². The van der Waals surface area contributed by atoms with Crippen LogP contribution in [0.2, 0.25) is 5.15 Å². The minimum Gasteiger partial charge on any atom is -0.342 e. The molecular formula is C18H16BrClN4O. The summed E-state index contributed by atoms with van der Waals surface area (Å²) in [5.74, 6) is 0.414. The second-order valence-electron chi connectivity index (χ2n) is 5.47. The van der Waals surface area contributed by atoms with Gasteiger partial charge in [-0.2, -0.15) is 0 Å². The molecule has 128 valence electrons. The second kappa shape index (κ2) is 7.80. The molecule has 7 heteroatoms. The number of nitrogens with one attached hydrogen (secondary N) is 2. The first-order valence-electron chi connectivity index (χ1n) is 7.80. The van der Waals surface area contributed by atoms with Crippen molar-refractivity contribution in [3.63, 3.8) is 0 Å². The van der Waals surface area contributed by atoms with Gasteiger partial charge in [0, 0.05) is 10.7 Å². The van der Waals surface area contributed by atoms with Crippen molar-refractivity contribution in [3.05, 3.63) is 69.8 Å². The highest BCUT2D eigenvalue weighted by atomic mass is 79.9. The van der Waals surface area contributed by atoms with E-state index in [4.69, 9.17) is 11.6 Å². The van der Waals surface area contributed by atoms with E-state index in [1.807, 2.05) is 37.3 Å². The molecule has 0 radical (unpaired) electrons. The van der Waals surface area contributed by atoms with Crippen molar-refractivity contribution in [2.45, 2.75) is 19.4 Å². The molecule has 0 aliphatic heterocycles. The Kier molecular flexibility index (Phi) is 5.50. The number of aromatic nitrogens is 3. The lowest BCUT2D eigenvalue weighted by Crippen LogP contribution is -2.29. The molecular weight excluding hydrogens is 404 g/mol. The van der Waals surface area contributed by atoms with Crippen molar-refractivity contribution in [2.75, 3.05) is 0 Å². The SMILES string of the molecule is CCC(NC(=O)c1cc(Br)cnc1Cl)c1ncc(-c2ccccc2)[nH]1. The molecule has 5 nitrogen and oxygen atoms in total. The van der Waals surface area contributed by atoms with E-state index in [2.05, 4.69) is 36.2 Å². The number of imidazole rings is 1. The Bertz CT molecular complexity index is 882. The summed E-state index contributed by atoms with van der Waals surface area (Å²) in [5.41, 5.74) is 2.27. The molecule has 1 atom stereocenters. The summed E-state index contributed by atoms with van der Waals surface area (Å²) in [6, 6.07) is 11.3. The molecule has 2 N–H and O–H groups in total. The van der Waals surface area contributed by atoms with E-state index >= 15 is 0 Å². The maximum atomic E-state index is 12.5. The fourth-order valence-corrected chi connectivity index (χ4v) is 2.98. The van der Waals surface area contributed by atoms with E-state index in [-0.39, 0.29) is 17.1 Å². The Morgan fingerprint density at radius 2 is 2.04 bits per heavy atom. The molecule has 1 aromatic carbocycles. The van der Waals surface area contributed by atoms with Gasteiger partial charge in [0.25, 0.3) is 5.91 Å². The minimum absolute atomic E-state index is 0.167. The van der Waals surface area contributed by atoms with E-state index in [9.17, 15) is 4.79 Å². The second-order valence-corrected chi connectivity index (χ2v) is 6.75. The maximum absolute atomic E-state index is 12.5. The van der Waals surface area contributed by atoms with Gasteiger partial charge in [-0.25, -0.2) is 9.97 Å². The van der Waals surface area contributed by atoms with Crippen LogP contribution in [0.15, 0.2) is 53.3 Å². The largest absolute Gasteiger partial charge is 0.342 e. The van der Waals surface area contributed by atoms with Crippen LogP contribution >= 0.6 is 27.5 Å². The number of carbonyl (C=O) groups excluding carboxylic acids is 1. The standard InChI is InChI=1S/C18H16BrClN4O/c1-2-14(24-18(25)13-8-12(19)9-21-16(13)20)17-22-10-15(23-17)11-6-4-3-5-7-11/h3-10,14H,2H2,1H3,(H,22,23)(H,24,25). The van der Waals surface area contributed by atoms with Crippen LogP contribution < -0.4 is 5.32 Å². The first kappa shape index (κ1) is 17.6. The predicted molar refractivity (Wildman–Crippen MR) is 101 cm³/mol. The summed E-state index contributed by atoms with van der Waals surface area (Å²) in [6.07, 6.45) is 4.01. The molecule has 0 saturated heterocycles. The lowest BCUT2D eigenvalue weighted by atomic mass is 10.1. The van der Waals surface area contributed by atoms with E-state index in [1.165, 1.54) is 0 Å². The summed E-state index contributed by atoms with van der Waals surface area (Å²) in [5, 5.41) is 3.12. The summed E-state index contributed by atoms with van der Waals surface area (Å²) in [7, 11) is 0. The molecule has 0 aliphatic carbocycles. The number of hydrogen-bond donors (Lipinski definition) is 2. The predicted octanol–water partition coefficient (Wildman–Crippen LogP) is 4.77. The Morgan fingerprint density at radius 1 is 1.28 bits per heavy atom. The molecule has 3 rings (SSSR count). The molecule has 2 aromatic heterocycles. The van der Waals surface area contributed by atoms with Gasteiger partial charge in [-0.3, -0.25) is 4.79 Å². The number of rotatable bonds is 5. The zero-order chi connectivity index (χ0) is 17.8. The number of carbonyl (C=O) groups is 1. The fourth-order valence-electron chi connectivity index (χ4n) is 2.46. The molecule has 0 spiro atoms. The summed E-state index contributed by atoms with van der Waals surface area (Å²) in [4.78, 5) is 24.2. The van der Waals surface area contributed by atoms with Gasteiger partial charge in [-0.15, -0.1) is 0 Å². The number of halogens is 2. The van der Waals surface area contributed by atoms with Gasteiger partial charge in [0.2, 0.25) is 0 Å². The molecule has 0 saturated carbocycles. The van der Waals surface area contributed by atoms with Gasteiger partial charge in [0.1, 0.15) is 11.0 Å². The van der Waals surface area contributed by atoms with Crippen molar-refractivity contribution in [1.82, 2.24) is 20.3 Å². The Hall–Kier alpha value is -2.18. The van der Waals surface area contributed by atoms with E-state index in [0.717, 1.165) is 11.3 Å². The smallest absolute Gasteiger partial charge is 0.255 e.